The molecule has 1 atom stereocenters. The predicted octanol–water partition coefficient (Wildman–Crippen LogP) is 7.03. The van der Waals surface area contributed by atoms with Crippen LogP contribution in [0.15, 0.2) is 42.6 Å². The average Bonchev–Trinajstić information content (AvgIpc) is 3.87. The molecule has 5 rings (SSSR count). The first-order valence-corrected chi connectivity index (χ1v) is 16.2. The van der Waals surface area contributed by atoms with Crippen LogP contribution in [0.25, 0.3) is 0 Å². The van der Waals surface area contributed by atoms with Gasteiger partial charge in [0.05, 0.1) is 31.4 Å². The summed E-state index contributed by atoms with van der Waals surface area (Å²) in [5, 5.41) is 9.39. The van der Waals surface area contributed by atoms with Crippen LogP contribution in [0.5, 0.6) is 11.6 Å². The van der Waals surface area contributed by atoms with E-state index in [1.54, 1.807) is 23.2 Å². The number of hydrogen-bond donors (Lipinski definition) is 1. The normalized spacial score (nSPS) is 16.1. The highest BCUT2D eigenvalue weighted by Gasteiger charge is 2.35. The molecule has 0 radical (unpaired) electrons. The molecule has 3 aromatic rings. The number of halogens is 2. The molecular weight excluding hydrogens is 606 g/mol. The fourth-order valence-electron chi connectivity index (χ4n) is 6.31. The summed E-state index contributed by atoms with van der Waals surface area (Å²) >= 11 is 0. The molecule has 0 bridgehead atoms. The van der Waals surface area contributed by atoms with Gasteiger partial charge in [0.15, 0.2) is 17.4 Å². The zero-order valence-corrected chi connectivity index (χ0v) is 27.8. The van der Waals surface area contributed by atoms with Gasteiger partial charge < -0.3 is 19.5 Å². The van der Waals surface area contributed by atoms with Gasteiger partial charge in [0.1, 0.15) is 5.82 Å². The van der Waals surface area contributed by atoms with Crippen molar-refractivity contribution in [2.24, 2.45) is 17.3 Å². The number of carboxylic acid groups (broad SMARTS) is 1. The highest BCUT2D eigenvalue weighted by molar-refractivity contribution is 6.09. The van der Waals surface area contributed by atoms with E-state index in [1.165, 1.54) is 12.0 Å². The van der Waals surface area contributed by atoms with Crippen LogP contribution >= 0.6 is 0 Å². The molecule has 2 fully saturated rings. The van der Waals surface area contributed by atoms with Crippen LogP contribution in [-0.2, 0) is 4.79 Å². The van der Waals surface area contributed by atoms with Crippen molar-refractivity contribution < 1.29 is 33.0 Å². The number of aromatic nitrogens is 2. The van der Waals surface area contributed by atoms with Crippen molar-refractivity contribution >= 4 is 23.4 Å². The number of anilines is 2. The smallest absolute Gasteiger partial charge is 0.303 e. The Labute approximate surface area is 274 Å². The van der Waals surface area contributed by atoms with Crippen LogP contribution < -0.4 is 19.3 Å². The van der Waals surface area contributed by atoms with Crippen LogP contribution in [0.1, 0.15) is 80.4 Å². The molecule has 9 nitrogen and oxygen atoms in total. The zero-order valence-electron chi connectivity index (χ0n) is 27.8. The fraction of sp³-hybridized carbons (Fsp3) is 0.500. The van der Waals surface area contributed by atoms with Crippen molar-refractivity contribution in [1.82, 2.24) is 9.97 Å². The molecule has 1 saturated carbocycles. The van der Waals surface area contributed by atoms with Crippen molar-refractivity contribution in [2.45, 2.75) is 65.7 Å². The molecule has 1 aliphatic heterocycles. The number of aryl methyl sites for hydroxylation is 1. The maximum Gasteiger partial charge on any atom is 0.303 e. The lowest BCUT2D eigenvalue weighted by molar-refractivity contribution is -0.137. The Morgan fingerprint density at radius 3 is 2.45 bits per heavy atom. The van der Waals surface area contributed by atoms with Gasteiger partial charge in [-0.15, -0.1) is 0 Å². The van der Waals surface area contributed by atoms with Gasteiger partial charge in [0.25, 0.3) is 5.91 Å². The van der Waals surface area contributed by atoms with Crippen molar-refractivity contribution in [3.63, 3.8) is 0 Å². The first-order chi connectivity index (χ1) is 22.3. The monoisotopic (exact) mass is 650 g/mol. The number of carbonyl (C=O) groups is 2. The van der Waals surface area contributed by atoms with E-state index < -0.39 is 29.3 Å². The summed E-state index contributed by atoms with van der Waals surface area (Å²) in [4.78, 5) is 37.8. The first kappa shape index (κ1) is 34.1. The number of hydrogen-bond acceptors (Lipinski definition) is 7. The van der Waals surface area contributed by atoms with Crippen molar-refractivity contribution in [3.8, 4) is 11.6 Å². The number of piperidine rings is 1. The minimum Gasteiger partial charge on any atom is -0.491 e. The van der Waals surface area contributed by atoms with Gasteiger partial charge >= 0.3 is 5.97 Å². The number of aliphatic carboxylic acids is 1. The van der Waals surface area contributed by atoms with Crippen LogP contribution in [0.2, 0.25) is 0 Å². The van der Waals surface area contributed by atoms with Gasteiger partial charge in [-0.3, -0.25) is 14.5 Å². The van der Waals surface area contributed by atoms with Crippen molar-refractivity contribution in [3.05, 3.63) is 71.1 Å². The second-order valence-corrected chi connectivity index (χ2v) is 13.9. The number of amides is 1. The summed E-state index contributed by atoms with van der Waals surface area (Å²) in [7, 11) is 1.20. The molecule has 1 aliphatic carbocycles. The van der Waals surface area contributed by atoms with Gasteiger partial charge in [-0.2, -0.15) is 0 Å². The van der Waals surface area contributed by atoms with Gasteiger partial charge in [0.2, 0.25) is 5.88 Å². The second kappa shape index (κ2) is 14.2. The Morgan fingerprint density at radius 2 is 1.83 bits per heavy atom. The molecule has 2 aliphatic rings. The summed E-state index contributed by atoms with van der Waals surface area (Å²) in [5.41, 5.74) is 1.24. The Hall–Kier alpha value is -4.28. The lowest BCUT2D eigenvalue weighted by atomic mass is 9.92. The Bertz CT molecular complexity index is 1600. The quantitative estimate of drug-likeness (QED) is 0.223. The Morgan fingerprint density at radius 1 is 1.11 bits per heavy atom. The van der Waals surface area contributed by atoms with Gasteiger partial charge in [-0.1, -0.05) is 26.8 Å². The minimum atomic E-state index is -0.949. The second-order valence-electron chi connectivity index (χ2n) is 13.9. The Kier molecular flexibility index (Phi) is 10.3. The van der Waals surface area contributed by atoms with Gasteiger partial charge in [0, 0.05) is 37.6 Å². The molecule has 47 heavy (non-hydrogen) atoms. The number of pyridine rings is 2. The Balaban J connectivity index is 1.33. The predicted molar refractivity (Wildman–Crippen MR) is 175 cm³/mol. The zero-order chi connectivity index (χ0) is 33.9. The lowest BCUT2D eigenvalue weighted by Gasteiger charge is -2.36. The molecule has 1 N–H and O–H groups in total. The van der Waals surface area contributed by atoms with E-state index in [1.807, 2.05) is 45.9 Å². The molecule has 1 amide bonds. The van der Waals surface area contributed by atoms with Crippen molar-refractivity contribution in [1.29, 1.82) is 0 Å². The van der Waals surface area contributed by atoms with Crippen LogP contribution in [0.4, 0.5) is 20.3 Å². The third kappa shape index (κ3) is 8.36. The third-order valence-corrected chi connectivity index (χ3v) is 8.78. The molecule has 3 heterocycles. The van der Waals surface area contributed by atoms with E-state index >= 15 is 8.78 Å². The number of nitrogens with zero attached hydrogens (tertiary/aromatic N) is 4. The number of benzene rings is 1. The lowest BCUT2D eigenvalue weighted by Crippen LogP contribution is -2.41. The summed E-state index contributed by atoms with van der Waals surface area (Å²) in [6.45, 7) is 9.28. The number of ether oxygens (including phenoxy) is 2. The number of carboxylic acids is 1. The van der Waals surface area contributed by atoms with Crippen LogP contribution in [-0.4, -0.2) is 60.3 Å². The van der Waals surface area contributed by atoms with E-state index in [0.717, 1.165) is 30.2 Å². The highest BCUT2D eigenvalue weighted by atomic mass is 19.1. The summed E-state index contributed by atoms with van der Waals surface area (Å²) in [6, 6.07) is 10.1. The third-order valence-electron chi connectivity index (χ3n) is 8.78. The summed E-state index contributed by atoms with van der Waals surface area (Å²) in [5.74, 6) is -2.44. The molecule has 1 unspecified atom stereocenters. The van der Waals surface area contributed by atoms with Crippen LogP contribution in [0, 0.1) is 35.8 Å². The van der Waals surface area contributed by atoms with Crippen LogP contribution in [0.3, 0.4) is 0 Å². The topological polar surface area (TPSA) is 105 Å². The van der Waals surface area contributed by atoms with E-state index in [0.29, 0.717) is 50.2 Å². The average molecular weight is 651 g/mol. The van der Waals surface area contributed by atoms with Gasteiger partial charge in [-0.05, 0) is 85.6 Å². The van der Waals surface area contributed by atoms with Gasteiger partial charge in [-0.25, -0.2) is 18.7 Å². The van der Waals surface area contributed by atoms with E-state index in [9.17, 15) is 14.7 Å². The number of carbonyl (C=O) groups excluding carboxylic acids is 1. The SMILES string of the molecule is COc1c(F)cc(C(=O)N(CC(C)(C)C)c2cccc(C)n2)c(N2CCC(COc3cc(C(CC(=O)O)C4CC4)ccn3)CC2)c1F. The minimum absolute atomic E-state index is 0.0121. The molecule has 11 heteroatoms. The highest BCUT2D eigenvalue weighted by Crippen LogP contribution is 2.45. The van der Waals surface area contributed by atoms with Crippen molar-refractivity contribution in [2.75, 3.05) is 43.2 Å². The van der Waals surface area contributed by atoms with E-state index in [4.69, 9.17) is 9.47 Å². The number of rotatable bonds is 12. The standard InChI is InChI=1S/C36H44F2N4O5/c1-22-7-6-8-29(40-22)42(21-36(2,3)4)35(45)27-18-28(37)34(46-5)32(38)33(27)41-15-12-23(13-16-41)20-47-30-17-25(11-14-39-30)26(19-31(43)44)24-9-10-24/h6-8,11,14,17-18,23-24,26H,9-10,12-13,15-16,19-21H2,1-5H3,(H,43,44). The molecule has 252 valence electrons. The maximum atomic E-state index is 16.1. The maximum absolute atomic E-state index is 16.1. The molecule has 0 spiro atoms. The van der Waals surface area contributed by atoms with E-state index in [2.05, 4.69) is 9.97 Å². The van der Waals surface area contributed by atoms with E-state index in [-0.39, 0.29) is 41.5 Å². The molecule has 2 aromatic heterocycles. The molecule has 1 saturated heterocycles. The summed E-state index contributed by atoms with van der Waals surface area (Å²) < 4.78 is 42.4. The summed E-state index contributed by atoms with van der Waals surface area (Å²) in [6.07, 6.45) is 5.07. The fourth-order valence-corrected chi connectivity index (χ4v) is 6.31. The number of methoxy groups -OCH3 is 1. The molecule has 1 aromatic carbocycles. The molecular formula is C36H44F2N4O5. The first-order valence-electron chi connectivity index (χ1n) is 16.2. The largest absolute Gasteiger partial charge is 0.491 e.